The highest BCUT2D eigenvalue weighted by molar-refractivity contribution is 5.96. The smallest absolute Gasteiger partial charge is 0.251 e. The molecule has 35 heavy (non-hydrogen) atoms. The van der Waals surface area contributed by atoms with E-state index < -0.39 is 18.4 Å². The van der Waals surface area contributed by atoms with Gasteiger partial charge in [-0.3, -0.25) is 4.79 Å². The number of fused-ring (bicyclic) bond motifs is 1. The number of amides is 1. The quantitative estimate of drug-likeness (QED) is 0.437. The maximum Gasteiger partial charge on any atom is 0.251 e. The molecule has 5 rings (SSSR count). The number of rotatable bonds is 5. The molecule has 9 heteroatoms. The van der Waals surface area contributed by atoms with E-state index in [1.165, 1.54) is 4.80 Å². The second kappa shape index (κ2) is 9.40. The summed E-state index contributed by atoms with van der Waals surface area (Å²) in [6.07, 6.45) is 0.659. The van der Waals surface area contributed by atoms with Gasteiger partial charge in [0.25, 0.3) is 5.91 Å². The fourth-order valence-corrected chi connectivity index (χ4v) is 4.64. The van der Waals surface area contributed by atoms with Crippen molar-refractivity contribution in [3.8, 4) is 0 Å². The Hall–Kier alpha value is -3.88. The number of aryl methyl sites for hydroxylation is 1. The summed E-state index contributed by atoms with van der Waals surface area (Å²) in [6.45, 7) is 6.34. The molecular formula is C26H28FN7O. The third-order valence-corrected chi connectivity index (χ3v) is 6.52. The van der Waals surface area contributed by atoms with Crippen LogP contribution in [-0.2, 0) is 0 Å². The van der Waals surface area contributed by atoms with Gasteiger partial charge >= 0.3 is 0 Å². The first-order chi connectivity index (χ1) is 16.9. The van der Waals surface area contributed by atoms with Gasteiger partial charge in [0, 0.05) is 29.6 Å². The van der Waals surface area contributed by atoms with Crippen LogP contribution < -0.4 is 10.2 Å². The Bertz CT molecular complexity index is 1330. The fraction of sp³-hybridized carbons (Fsp3) is 0.346. The van der Waals surface area contributed by atoms with Crippen LogP contribution in [0.3, 0.4) is 0 Å². The molecule has 2 aromatic heterocycles. The van der Waals surface area contributed by atoms with E-state index in [4.69, 9.17) is 0 Å². The van der Waals surface area contributed by atoms with Crippen LogP contribution in [0.1, 0.15) is 54.0 Å². The summed E-state index contributed by atoms with van der Waals surface area (Å²) in [5.74, 6) is 0.892. The monoisotopic (exact) mass is 473 g/mol. The number of tetrazole rings is 1. The van der Waals surface area contributed by atoms with Crippen LogP contribution in [0.25, 0.3) is 10.8 Å². The van der Waals surface area contributed by atoms with Crippen LogP contribution in [0, 0.1) is 6.92 Å². The number of nitrogens with zero attached hydrogens (tertiary/aromatic N) is 6. The molecule has 1 aliphatic heterocycles. The van der Waals surface area contributed by atoms with Gasteiger partial charge in [-0.25, -0.2) is 9.37 Å². The van der Waals surface area contributed by atoms with E-state index in [2.05, 4.69) is 25.7 Å². The zero-order valence-corrected chi connectivity index (χ0v) is 20.0. The Morgan fingerprint density at radius 3 is 2.66 bits per heavy atom. The SMILES string of the molecule is Cc1cccc2ccnc(N3CC[C@@H](n4nnc(C(C)C)n4)[C@@H](NC(=O)c4ccccc4)[C@H]3F)c12. The van der Waals surface area contributed by atoms with Gasteiger partial charge in [-0.1, -0.05) is 50.2 Å². The van der Waals surface area contributed by atoms with E-state index in [9.17, 15) is 4.79 Å². The number of alkyl halides is 1. The lowest BCUT2D eigenvalue weighted by atomic mass is 9.96. The van der Waals surface area contributed by atoms with Gasteiger partial charge in [-0.15, -0.1) is 10.2 Å². The van der Waals surface area contributed by atoms with Crippen molar-refractivity contribution < 1.29 is 9.18 Å². The van der Waals surface area contributed by atoms with Crippen LogP contribution in [0.5, 0.6) is 0 Å². The largest absolute Gasteiger partial charge is 0.342 e. The number of nitrogens with one attached hydrogen (secondary N) is 1. The highest BCUT2D eigenvalue weighted by atomic mass is 19.1. The van der Waals surface area contributed by atoms with Gasteiger partial charge in [-0.05, 0) is 47.7 Å². The minimum Gasteiger partial charge on any atom is -0.342 e. The van der Waals surface area contributed by atoms with E-state index in [1.54, 1.807) is 35.4 Å². The number of benzene rings is 2. The lowest BCUT2D eigenvalue weighted by Crippen LogP contribution is -2.58. The van der Waals surface area contributed by atoms with Crippen molar-refractivity contribution in [2.45, 2.75) is 51.5 Å². The molecule has 0 bridgehead atoms. The maximum atomic E-state index is 16.4. The lowest BCUT2D eigenvalue weighted by Gasteiger charge is -2.41. The highest BCUT2D eigenvalue weighted by Crippen LogP contribution is 2.35. The molecule has 1 N–H and O–H groups in total. The first-order valence-electron chi connectivity index (χ1n) is 11.8. The maximum absolute atomic E-state index is 16.4. The number of anilines is 1. The first-order valence-corrected chi connectivity index (χ1v) is 11.8. The molecule has 2 aromatic carbocycles. The molecule has 0 saturated carbocycles. The average Bonchev–Trinajstić information content (AvgIpc) is 3.36. The number of piperidine rings is 1. The van der Waals surface area contributed by atoms with Crippen LogP contribution in [-0.4, -0.2) is 50.0 Å². The van der Waals surface area contributed by atoms with Crippen LogP contribution >= 0.6 is 0 Å². The van der Waals surface area contributed by atoms with Crippen molar-refractivity contribution in [2.75, 3.05) is 11.4 Å². The van der Waals surface area contributed by atoms with Crippen LogP contribution in [0.4, 0.5) is 10.2 Å². The number of hydrogen-bond donors (Lipinski definition) is 1. The standard InChI is InChI=1S/C26H28FN7O/c1-16(2)24-30-32-34(31-24)20-13-15-33(25-21-17(3)8-7-11-18(21)12-14-28-25)23(27)22(20)29-26(35)19-9-5-4-6-10-19/h4-12,14,16,20,22-23H,13,15H2,1-3H3,(H,29,35)/t20-,22-,23+/m1/s1. The van der Waals surface area contributed by atoms with Crippen molar-refractivity contribution in [1.82, 2.24) is 30.5 Å². The minimum atomic E-state index is -1.55. The molecule has 1 aliphatic rings. The molecule has 0 spiro atoms. The van der Waals surface area contributed by atoms with Gasteiger partial charge in [0.1, 0.15) is 11.9 Å². The zero-order chi connectivity index (χ0) is 24.5. The molecule has 3 heterocycles. The summed E-state index contributed by atoms with van der Waals surface area (Å²) < 4.78 is 16.4. The van der Waals surface area contributed by atoms with Gasteiger partial charge in [-0.2, -0.15) is 4.80 Å². The van der Waals surface area contributed by atoms with Crippen molar-refractivity contribution in [2.24, 2.45) is 0 Å². The second-order valence-corrected chi connectivity index (χ2v) is 9.22. The summed E-state index contributed by atoms with van der Waals surface area (Å²) in [5, 5.41) is 17.7. The molecule has 3 atom stereocenters. The Morgan fingerprint density at radius 2 is 1.91 bits per heavy atom. The van der Waals surface area contributed by atoms with Crippen LogP contribution in [0.15, 0.2) is 60.8 Å². The van der Waals surface area contributed by atoms with Crippen molar-refractivity contribution in [3.05, 3.63) is 77.7 Å². The van der Waals surface area contributed by atoms with Crippen molar-refractivity contribution in [1.29, 1.82) is 0 Å². The topological polar surface area (TPSA) is 88.8 Å². The van der Waals surface area contributed by atoms with Gasteiger partial charge in [0.2, 0.25) is 0 Å². The van der Waals surface area contributed by atoms with Gasteiger partial charge in [0.15, 0.2) is 12.1 Å². The Labute approximate surface area is 203 Å². The normalized spacial score (nSPS) is 20.4. The van der Waals surface area contributed by atoms with Gasteiger partial charge in [0.05, 0.1) is 6.04 Å². The third-order valence-electron chi connectivity index (χ3n) is 6.52. The number of carbonyl (C=O) groups excluding carboxylic acids is 1. The minimum absolute atomic E-state index is 0.0882. The van der Waals surface area contributed by atoms with E-state index in [-0.39, 0.29) is 11.8 Å². The molecule has 1 fully saturated rings. The molecular weight excluding hydrogens is 445 g/mol. The Balaban J connectivity index is 1.53. The van der Waals surface area contributed by atoms with Crippen LogP contribution in [0.2, 0.25) is 0 Å². The fourth-order valence-electron chi connectivity index (χ4n) is 4.64. The second-order valence-electron chi connectivity index (χ2n) is 9.22. The van der Waals surface area contributed by atoms with Crippen molar-refractivity contribution >= 4 is 22.5 Å². The number of carbonyl (C=O) groups is 1. The lowest BCUT2D eigenvalue weighted by molar-refractivity contribution is 0.0817. The summed E-state index contributed by atoms with van der Waals surface area (Å²) in [4.78, 5) is 20.7. The molecule has 1 amide bonds. The molecule has 0 radical (unpaired) electrons. The van der Waals surface area contributed by atoms with E-state index in [0.717, 1.165) is 16.3 Å². The average molecular weight is 474 g/mol. The number of hydrogen-bond acceptors (Lipinski definition) is 6. The molecule has 4 aromatic rings. The molecule has 0 aliphatic carbocycles. The predicted molar refractivity (Wildman–Crippen MR) is 132 cm³/mol. The summed E-state index contributed by atoms with van der Waals surface area (Å²) in [6, 6.07) is 15.3. The van der Waals surface area contributed by atoms with Crippen molar-refractivity contribution in [3.63, 3.8) is 0 Å². The number of aromatic nitrogens is 5. The van der Waals surface area contributed by atoms with Gasteiger partial charge < -0.3 is 10.2 Å². The molecule has 0 unspecified atom stereocenters. The third kappa shape index (κ3) is 4.34. The summed E-state index contributed by atoms with van der Waals surface area (Å²) >= 11 is 0. The molecule has 180 valence electrons. The zero-order valence-electron chi connectivity index (χ0n) is 20.0. The Kier molecular flexibility index (Phi) is 6.15. The van der Waals surface area contributed by atoms with E-state index >= 15 is 4.39 Å². The number of halogens is 1. The summed E-state index contributed by atoms with van der Waals surface area (Å²) in [5.41, 5.74) is 1.48. The Morgan fingerprint density at radius 1 is 1.11 bits per heavy atom. The highest BCUT2D eigenvalue weighted by Gasteiger charge is 2.43. The molecule has 1 saturated heterocycles. The predicted octanol–water partition coefficient (Wildman–Crippen LogP) is 4.20. The van der Waals surface area contributed by atoms with E-state index in [0.29, 0.717) is 30.2 Å². The summed E-state index contributed by atoms with van der Waals surface area (Å²) in [7, 11) is 0. The molecule has 8 nitrogen and oxygen atoms in total. The number of pyridine rings is 1. The van der Waals surface area contributed by atoms with E-state index in [1.807, 2.05) is 51.1 Å². The first kappa shape index (κ1) is 22.9.